The van der Waals surface area contributed by atoms with Crippen LogP contribution < -0.4 is 5.32 Å². The maximum absolute atomic E-state index is 3.40. The van der Waals surface area contributed by atoms with Crippen LogP contribution in [-0.4, -0.2) is 17.7 Å². The van der Waals surface area contributed by atoms with Crippen LogP contribution in [0.1, 0.15) is 22.4 Å². The first-order valence-electron chi connectivity index (χ1n) is 6.37. The number of nitrogens with zero attached hydrogens (tertiary/aromatic N) is 1. The lowest BCUT2D eigenvalue weighted by Gasteiger charge is -2.11. The molecule has 0 saturated carbocycles. The molecule has 0 radical (unpaired) electrons. The molecule has 2 heteroatoms. The first-order valence-corrected chi connectivity index (χ1v) is 6.37. The molecule has 1 aliphatic rings. The van der Waals surface area contributed by atoms with Crippen molar-refractivity contribution >= 4 is 10.9 Å². The van der Waals surface area contributed by atoms with Gasteiger partial charge in [0.05, 0.1) is 5.52 Å². The standard InChI is InChI=1S/C15H20N2/c1-9-5-6-12-13-7-11(16-3)8-14(13)17(4)15(12)10(9)2/h5-6,11,16H,7-8H2,1-4H3. The summed E-state index contributed by atoms with van der Waals surface area (Å²) in [7, 11) is 4.28. The third kappa shape index (κ3) is 1.37. The van der Waals surface area contributed by atoms with Crippen molar-refractivity contribution in [1.29, 1.82) is 0 Å². The number of fused-ring (bicyclic) bond motifs is 3. The van der Waals surface area contributed by atoms with Crippen LogP contribution >= 0.6 is 0 Å². The molecule has 1 atom stereocenters. The zero-order chi connectivity index (χ0) is 12.2. The zero-order valence-electron chi connectivity index (χ0n) is 11.1. The van der Waals surface area contributed by atoms with E-state index in [1.807, 2.05) is 0 Å². The third-order valence-corrected chi connectivity index (χ3v) is 4.41. The molecule has 3 rings (SSSR count). The van der Waals surface area contributed by atoms with Crippen LogP contribution in [0.2, 0.25) is 0 Å². The highest BCUT2D eigenvalue weighted by Gasteiger charge is 2.26. The Labute approximate surface area is 103 Å². The molecule has 0 saturated heterocycles. The molecule has 0 bridgehead atoms. The van der Waals surface area contributed by atoms with E-state index in [1.165, 1.54) is 34.1 Å². The molecule has 1 aromatic heterocycles. The lowest BCUT2D eigenvalue weighted by atomic mass is 10.0. The Hall–Kier alpha value is -1.28. The van der Waals surface area contributed by atoms with E-state index in [0.29, 0.717) is 6.04 Å². The van der Waals surface area contributed by atoms with Crippen molar-refractivity contribution in [2.24, 2.45) is 7.05 Å². The van der Waals surface area contributed by atoms with Gasteiger partial charge in [0.25, 0.3) is 0 Å². The highest BCUT2D eigenvalue weighted by atomic mass is 15.0. The molecule has 90 valence electrons. The van der Waals surface area contributed by atoms with E-state index in [4.69, 9.17) is 0 Å². The zero-order valence-corrected chi connectivity index (χ0v) is 11.1. The summed E-state index contributed by atoms with van der Waals surface area (Å²) in [5.41, 5.74) is 7.34. The topological polar surface area (TPSA) is 17.0 Å². The van der Waals surface area contributed by atoms with E-state index >= 15 is 0 Å². The van der Waals surface area contributed by atoms with Crippen molar-refractivity contribution in [2.45, 2.75) is 32.7 Å². The Kier molecular flexibility index (Phi) is 2.30. The predicted octanol–water partition coefficient (Wildman–Crippen LogP) is 2.48. The van der Waals surface area contributed by atoms with E-state index in [9.17, 15) is 0 Å². The molecule has 0 aliphatic heterocycles. The van der Waals surface area contributed by atoms with E-state index < -0.39 is 0 Å². The van der Waals surface area contributed by atoms with E-state index in [0.717, 1.165) is 6.42 Å². The Morgan fingerprint density at radius 2 is 2.00 bits per heavy atom. The molecule has 0 spiro atoms. The van der Waals surface area contributed by atoms with Crippen LogP contribution in [0.3, 0.4) is 0 Å². The van der Waals surface area contributed by atoms with Gasteiger partial charge in [-0.2, -0.15) is 0 Å². The second-order valence-corrected chi connectivity index (χ2v) is 5.28. The lowest BCUT2D eigenvalue weighted by Crippen LogP contribution is -2.25. The highest BCUT2D eigenvalue weighted by molar-refractivity contribution is 5.89. The molecule has 2 aromatic rings. The third-order valence-electron chi connectivity index (χ3n) is 4.41. The summed E-state index contributed by atoms with van der Waals surface area (Å²) in [6.07, 6.45) is 2.33. The average molecular weight is 228 g/mol. The number of aryl methyl sites for hydroxylation is 3. The van der Waals surface area contributed by atoms with Gasteiger partial charge in [0.15, 0.2) is 0 Å². The first-order chi connectivity index (χ1) is 8.13. The van der Waals surface area contributed by atoms with E-state index in [-0.39, 0.29) is 0 Å². The van der Waals surface area contributed by atoms with Crippen LogP contribution in [0, 0.1) is 13.8 Å². The van der Waals surface area contributed by atoms with Gasteiger partial charge in [-0.3, -0.25) is 0 Å². The molecule has 17 heavy (non-hydrogen) atoms. The maximum atomic E-state index is 3.40. The Bertz CT molecular complexity index is 593. The molecular formula is C15H20N2. The van der Waals surface area contributed by atoms with Crippen molar-refractivity contribution in [1.82, 2.24) is 9.88 Å². The van der Waals surface area contributed by atoms with Gasteiger partial charge in [-0.05, 0) is 44.0 Å². The maximum Gasteiger partial charge on any atom is 0.0515 e. The van der Waals surface area contributed by atoms with Crippen molar-refractivity contribution in [3.8, 4) is 0 Å². The van der Waals surface area contributed by atoms with Crippen LogP contribution in [0.25, 0.3) is 10.9 Å². The van der Waals surface area contributed by atoms with Gasteiger partial charge in [0.2, 0.25) is 0 Å². The minimum atomic E-state index is 0.622. The summed E-state index contributed by atoms with van der Waals surface area (Å²) in [6, 6.07) is 5.18. The van der Waals surface area contributed by atoms with Gasteiger partial charge in [0.1, 0.15) is 0 Å². The number of rotatable bonds is 1. The largest absolute Gasteiger partial charge is 0.347 e. The molecule has 0 fully saturated rings. The fourth-order valence-corrected chi connectivity index (χ4v) is 3.21. The molecule has 1 aliphatic carbocycles. The van der Waals surface area contributed by atoms with Crippen LogP contribution in [-0.2, 0) is 19.9 Å². The quantitative estimate of drug-likeness (QED) is 0.793. The predicted molar refractivity (Wildman–Crippen MR) is 72.6 cm³/mol. The number of nitrogens with one attached hydrogen (secondary N) is 1. The molecule has 0 amide bonds. The van der Waals surface area contributed by atoms with E-state index in [2.05, 4.69) is 50.0 Å². The SMILES string of the molecule is CNC1Cc2c(n(C)c3c(C)c(C)ccc23)C1. The number of aromatic nitrogens is 1. The second-order valence-electron chi connectivity index (χ2n) is 5.28. The highest BCUT2D eigenvalue weighted by Crippen LogP contribution is 2.34. The Morgan fingerprint density at radius 3 is 2.71 bits per heavy atom. The molecular weight excluding hydrogens is 208 g/mol. The fourth-order valence-electron chi connectivity index (χ4n) is 3.21. The lowest BCUT2D eigenvalue weighted by molar-refractivity contribution is 0.585. The summed E-state index contributed by atoms with van der Waals surface area (Å²) in [5, 5.41) is 4.86. The number of likely N-dealkylation sites (N-methyl/N-ethyl adjacent to an activating group) is 1. The molecule has 1 heterocycles. The molecule has 1 N–H and O–H groups in total. The fraction of sp³-hybridized carbons (Fsp3) is 0.467. The van der Waals surface area contributed by atoms with Crippen LogP contribution in [0.5, 0.6) is 0 Å². The Balaban J connectivity index is 2.29. The minimum absolute atomic E-state index is 0.622. The second kappa shape index (κ2) is 3.61. The van der Waals surface area contributed by atoms with Crippen molar-refractivity contribution in [2.75, 3.05) is 7.05 Å². The number of benzene rings is 1. The Morgan fingerprint density at radius 1 is 1.24 bits per heavy atom. The van der Waals surface area contributed by atoms with Gasteiger partial charge in [-0.25, -0.2) is 0 Å². The normalized spacial score (nSPS) is 18.9. The smallest absolute Gasteiger partial charge is 0.0515 e. The van der Waals surface area contributed by atoms with Crippen molar-refractivity contribution < 1.29 is 0 Å². The van der Waals surface area contributed by atoms with Gasteiger partial charge < -0.3 is 9.88 Å². The molecule has 1 aromatic carbocycles. The monoisotopic (exact) mass is 228 g/mol. The van der Waals surface area contributed by atoms with Gasteiger partial charge in [-0.15, -0.1) is 0 Å². The summed E-state index contributed by atoms with van der Waals surface area (Å²) >= 11 is 0. The first kappa shape index (κ1) is 10.8. The van der Waals surface area contributed by atoms with Gasteiger partial charge in [0, 0.05) is 30.6 Å². The van der Waals surface area contributed by atoms with Crippen molar-refractivity contribution in [3.05, 3.63) is 34.5 Å². The number of hydrogen-bond acceptors (Lipinski definition) is 1. The minimum Gasteiger partial charge on any atom is -0.347 e. The summed E-state index contributed by atoms with van der Waals surface area (Å²) < 4.78 is 2.41. The summed E-state index contributed by atoms with van der Waals surface area (Å²) in [4.78, 5) is 0. The van der Waals surface area contributed by atoms with Gasteiger partial charge in [-0.1, -0.05) is 12.1 Å². The number of hydrogen-bond donors (Lipinski definition) is 1. The van der Waals surface area contributed by atoms with Crippen molar-refractivity contribution in [3.63, 3.8) is 0 Å². The summed E-state index contributed by atoms with van der Waals surface area (Å²) in [5.74, 6) is 0. The summed E-state index contributed by atoms with van der Waals surface area (Å²) in [6.45, 7) is 4.44. The molecule has 2 nitrogen and oxygen atoms in total. The molecule has 1 unspecified atom stereocenters. The average Bonchev–Trinajstić information content (AvgIpc) is 2.84. The van der Waals surface area contributed by atoms with E-state index in [1.54, 1.807) is 5.56 Å². The van der Waals surface area contributed by atoms with Crippen LogP contribution in [0.4, 0.5) is 0 Å². The van der Waals surface area contributed by atoms with Crippen LogP contribution in [0.15, 0.2) is 12.1 Å². The van der Waals surface area contributed by atoms with Gasteiger partial charge >= 0.3 is 0 Å².